The molecule has 0 aliphatic carbocycles. The van der Waals surface area contributed by atoms with Crippen LogP contribution in [0.1, 0.15) is 66.6 Å². The van der Waals surface area contributed by atoms with Crippen LogP contribution in [-0.4, -0.2) is 44.0 Å². The first-order chi connectivity index (χ1) is 11.5. The zero-order valence-electron chi connectivity index (χ0n) is 14.0. The van der Waals surface area contributed by atoms with E-state index in [2.05, 4.69) is 20.1 Å². The van der Waals surface area contributed by atoms with Crippen LogP contribution in [0, 0.1) is 6.92 Å². The van der Waals surface area contributed by atoms with E-state index in [0.717, 1.165) is 12.8 Å². The molecule has 0 bridgehead atoms. The molecular formula is C16H20ClN5O2. The van der Waals surface area contributed by atoms with E-state index in [4.69, 9.17) is 16.1 Å². The molecule has 2 aromatic heterocycles. The van der Waals surface area contributed by atoms with Crippen LogP contribution in [0.4, 0.5) is 0 Å². The summed E-state index contributed by atoms with van der Waals surface area (Å²) in [5.41, 5.74) is 0.262. The number of aromatic nitrogens is 4. The molecule has 0 radical (unpaired) electrons. The van der Waals surface area contributed by atoms with Crippen LogP contribution in [0.15, 0.2) is 10.7 Å². The minimum Gasteiger partial charge on any atom is -0.339 e. The molecule has 0 N–H and O–H groups in total. The van der Waals surface area contributed by atoms with Crippen molar-refractivity contribution in [1.29, 1.82) is 0 Å². The Bertz CT molecular complexity index is 746. The third-order valence-corrected chi connectivity index (χ3v) is 4.36. The monoisotopic (exact) mass is 349 g/mol. The molecule has 8 heteroatoms. The van der Waals surface area contributed by atoms with Crippen LogP contribution in [0.2, 0.25) is 5.02 Å². The van der Waals surface area contributed by atoms with E-state index in [9.17, 15) is 4.79 Å². The van der Waals surface area contributed by atoms with Crippen molar-refractivity contribution in [2.45, 2.75) is 45.4 Å². The Balaban J connectivity index is 1.81. The topological polar surface area (TPSA) is 85.0 Å². The molecule has 0 spiro atoms. The van der Waals surface area contributed by atoms with Crippen molar-refractivity contribution in [3.8, 4) is 0 Å². The lowest BCUT2D eigenvalue weighted by Crippen LogP contribution is -2.39. The third kappa shape index (κ3) is 3.40. The van der Waals surface area contributed by atoms with Gasteiger partial charge in [0.15, 0.2) is 11.5 Å². The molecule has 7 nitrogen and oxygen atoms in total. The number of amides is 1. The second-order valence-electron chi connectivity index (χ2n) is 6.35. The number of rotatable bonds is 3. The van der Waals surface area contributed by atoms with E-state index in [0.29, 0.717) is 30.6 Å². The highest BCUT2D eigenvalue weighted by molar-refractivity contribution is 6.33. The summed E-state index contributed by atoms with van der Waals surface area (Å²) in [6.45, 7) is 6.93. The maximum absolute atomic E-state index is 12.9. The van der Waals surface area contributed by atoms with Crippen LogP contribution in [0.25, 0.3) is 0 Å². The summed E-state index contributed by atoms with van der Waals surface area (Å²) in [6.07, 6.45) is 3.29. The lowest BCUT2D eigenvalue weighted by Gasteiger charge is -2.31. The molecule has 2 aromatic rings. The summed E-state index contributed by atoms with van der Waals surface area (Å²) < 4.78 is 5.26. The molecule has 3 heterocycles. The zero-order valence-corrected chi connectivity index (χ0v) is 14.7. The Morgan fingerprint density at radius 1 is 1.42 bits per heavy atom. The molecule has 0 aromatic carbocycles. The number of likely N-dealkylation sites (tertiary alicyclic amines) is 1. The lowest BCUT2D eigenvalue weighted by atomic mass is 9.97. The van der Waals surface area contributed by atoms with Gasteiger partial charge in [0.2, 0.25) is 5.89 Å². The van der Waals surface area contributed by atoms with Gasteiger partial charge in [-0.15, -0.1) is 0 Å². The molecule has 1 atom stereocenters. The minimum absolute atomic E-state index is 0.0501. The summed E-state index contributed by atoms with van der Waals surface area (Å²) in [4.78, 5) is 27.5. The first-order valence-electron chi connectivity index (χ1n) is 8.07. The number of piperidine rings is 1. The van der Waals surface area contributed by atoms with Gasteiger partial charge in [0, 0.05) is 19.0 Å². The summed E-state index contributed by atoms with van der Waals surface area (Å²) >= 11 is 6.16. The largest absolute Gasteiger partial charge is 0.339 e. The van der Waals surface area contributed by atoms with Crippen molar-refractivity contribution in [2.75, 3.05) is 13.1 Å². The van der Waals surface area contributed by atoms with Crippen molar-refractivity contribution in [2.24, 2.45) is 0 Å². The molecule has 1 aliphatic heterocycles. The van der Waals surface area contributed by atoms with E-state index in [1.807, 2.05) is 13.8 Å². The molecule has 1 amide bonds. The van der Waals surface area contributed by atoms with Crippen molar-refractivity contribution in [3.05, 3.63) is 34.5 Å². The fraction of sp³-hybridized carbons (Fsp3) is 0.562. The summed E-state index contributed by atoms with van der Waals surface area (Å²) in [5, 5.41) is 4.11. The molecular weight excluding hydrogens is 330 g/mol. The quantitative estimate of drug-likeness (QED) is 0.846. The van der Waals surface area contributed by atoms with Gasteiger partial charge in [-0.1, -0.05) is 30.6 Å². The molecule has 1 aliphatic rings. The Morgan fingerprint density at radius 2 is 2.21 bits per heavy atom. The van der Waals surface area contributed by atoms with Gasteiger partial charge in [0.05, 0.1) is 17.1 Å². The van der Waals surface area contributed by atoms with Gasteiger partial charge in [-0.3, -0.25) is 4.79 Å². The van der Waals surface area contributed by atoms with Crippen LogP contribution < -0.4 is 0 Å². The van der Waals surface area contributed by atoms with E-state index < -0.39 is 0 Å². The standard InChI is InChI=1S/C16H20ClN5O2/c1-9(2)14-18-7-12(17)13(20-14)16(23)22-6-4-5-11(8-22)15-19-10(3)21-24-15/h7,9,11H,4-6,8H2,1-3H3/t11-/m1/s1. The van der Waals surface area contributed by atoms with Crippen LogP contribution >= 0.6 is 11.6 Å². The van der Waals surface area contributed by atoms with E-state index in [1.54, 1.807) is 11.8 Å². The van der Waals surface area contributed by atoms with Gasteiger partial charge < -0.3 is 9.42 Å². The SMILES string of the molecule is Cc1noc([C@@H]2CCCN(C(=O)c3nc(C(C)C)ncc3Cl)C2)n1. The number of hydrogen-bond acceptors (Lipinski definition) is 6. The van der Waals surface area contributed by atoms with E-state index in [-0.39, 0.29) is 28.5 Å². The first kappa shape index (κ1) is 16.8. The summed E-state index contributed by atoms with van der Waals surface area (Å²) in [6, 6.07) is 0. The van der Waals surface area contributed by atoms with Crippen LogP contribution in [-0.2, 0) is 0 Å². The molecule has 1 saturated heterocycles. The highest BCUT2D eigenvalue weighted by Crippen LogP contribution is 2.27. The molecule has 1 fully saturated rings. The normalized spacial score (nSPS) is 18.2. The Labute approximate surface area is 145 Å². The first-order valence-corrected chi connectivity index (χ1v) is 8.45. The lowest BCUT2D eigenvalue weighted by molar-refractivity contribution is 0.0689. The van der Waals surface area contributed by atoms with E-state index >= 15 is 0 Å². The van der Waals surface area contributed by atoms with Crippen LogP contribution in [0.5, 0.6) is 0 Å². The molecule has 128 valence electrons. The van der Waals surface area contributed by atoms with Crippen molar-refractivity contribution in [3.63, 3.8) is 0 Å². The van der Waals surface area contributed by atoms with Gasteiger partial charge in [-0.25, -0.2) is 9.97 Å². The van der Waals surface area contributed by atoms with Gasteiger partial charge in [0.1, 0.15) is 5.82 Å². The average Bonchev–Trinajstić information content (AvgIpc) is 3.01. The molecule has 24 heavy (non-hydrogen) atoms. The Morgan fingerprint density at radius 3 is 2.88 bits per heavy atom. The molecule has 0 saturated carbocycles. The summed E-state index contributed by atoms with van der Waals surface area (Å²) in [5.74, 6) is 1.81. The van der Waals surface area contributed by atoms with E-state index in [1.165, 1.54) is 6.20 Å². The van der Waals surface area contributed by atoms with Crippen molar-refractivity contribution >= 4 is 17.5 Å². The fourth-order valence-corrected chi connectivity index (χ4v) is 2.97. The summed E-state index contributed by atoms with van der Waals surface area (Å²) in [7, 11) is 0. The number of hydrogen-bond donors (Lipinski definition) is 0. The van der Waals surface area contributed by atoms with Crippen molar-refractivity contribution < 1.29 is 9.32 Å². The average molecular weight is 350 g/mol. The smallest absolute Gasteiger partial charge is 0.274 e. The predicted molar refractivity (Wildman–Crippen MR) is 88.0 cm³/mol. The molecule has 0 unspecified atom stereocenters. The number of halogens is 1. The Kier molecular flexibility index (Phi) is 4.80. The maximum atomic E-state index is 12.9. The second-order valence-corrected chi connectivity index (χ2v) is 6.76. The van der Waals surface area contributed by atoms with Crippen LogP contribution in [0.3, 0.4) is 0 Å². The number of nitrogens with zero attached hydrogens (tertiary/aromatic N) is 5. The zero-order chi connectivity index (χ0) is 17.3. The molecule has 3 rings (SSSR count). The predicted octanol–water partition coefficient (Wildman–Crippen LogP) is 2.96. The third-order valence-electron chi connectivity index (χ3n) is 4.08. The Hall–Kier alpha value is -2.02. The minimum atomic E-state index is -0.176. The maximum Gasteiger partial charge on any atom is 0.274 e. The number of carbonyl (C=O) groups is 1. The van der Waals surface area contributed by atoms with Crippen molar-refractivity contribution in [1.82, 2.24) is 25.0 Å². The van der Waals surface area contributed by atoms with Gasteiger partial charge in [-0.05, 0) is 19.8 Å². The number of carbonyl (C=O) groups excluding carboxylic acids is 1. The number of aryl methyl sites for hydroxylation is 1. The van der Waals surface area contributed by atoms with Gasteiger partial charge in [0.25, 0.3) is 5.91 Å². The highest BCUT2D eigenvalue weighted by atomic mass is 35.5. The fourth-order valence-electron chi connectivity index (χ4n) is 2.80. The second kappa shape index (κ2) is 6.84. The van der Waals surface area contributed by atoms with Gasteiger partial charge >= 0.3 is 0 Å². The van der Waals surface area contributed by atoms with Gasteiger partial charge in [-0.2, -0.15) is 4.98 Å². The highest BCUT2D eigenvalue weighted by Gasteiger charge is 2.30.